The van der Waals surface area contributed by atoms with Crippen LogP contribution in [0.2, 0.25) is 5.02 Å². The Morgan fingerprint density at radius 1 is 0.964 bits per heavy atom. The maximum Gasteiger partial charge on any atom is 0.408 e. The maximum absolute atomic E-state index is 14.7. The highest BCUT2D eigenvalue weighted by Gasteiger charge is 2.31. The average molecular weight is 797 g/mol. The molecule has 17 heteroatoms. The summed E-state index contributed by atoms with van der Waals surface area (Å²) in [6.45, 7) is 4.77. The first-order chi connectivity index (χ1) is 25.8. The molecule has 0 bridgehead atoms. The molecule has 1 N–H and O–H groups in total. The molecule has 0 fully saturated rings. The third-order valence-corrected chi connectivity index (χ3v) is 9.90. The van der Waals surface area contributed by atoms with Gasteiger partial charge >= 0.3 is 6.09 Å². The van der Waals surface area contributed by atoms with Crippen LogP contribution in [0.3, 0.4) is 0 Å². The van der Waals surface area contributed by atoms with Gasteiger partial charge in [0.25, 0.3) is 5.56 Å². The zero-order chi connectivity index (χ0) is 40.0. The number of anilines is 1. The Morgan fingerprint density at radius 3 is 2.25 bits per heavy atom. The number of nitrogens with one attached hydrogen (secondary N) is 1. The Morgan fingerprint density at radius 2 is 1.64 bits per heavy atom. The molecule has 1 amide bonds. The number of benzene rings is 4. The lowest BCUT2D eigenvalue weighted by atomic mass is 10.0. The first-order valence-electron chi connectivity index (χ1n) is 16.8. The molecule has 6 aromatic rings. The van der Waals surface area contributed by atoms with Crippen LogP contribution in [-0.2, 0) is 34.8 Å². The number of rotatable bonds is 10. The quantitative estimate of drug-likeness (QED) is 0.155. The molecule has 2 aromatic heterocycles. The topological polar surface area (TPSA) is 138 Å². The second-order valence-corrected chi connectivity index (χ2v) is 16.1. The van der Waals surface area contributed by atoms with Crippen molar-refractivity contribution in [2.45, 2.75) is 45.4 Å². The molecule has 12 nitrogen and oxygen atoms in total. The fraction of sp³-hybridized carbons (Fsp3) is 0.263. The van der Waals surface area contributed by atoms with Crippen LogP contribution in [0.25, 0.3) is 27.5 Å². The summed E-state index contributed by atoms with van der Waals surface area (Å²) in [6.07, 6.45) is -0.202. The van der Waals surface area contributed by atoms with Gasteiger partial charge in [0, 0.05) is 19.5 Å². The van der Waals surface area contributed by atoms with E-state index in [0.717, 1.165) is 39.4 Å². The van der Waals surface area contributed by atoms with Gasteiger partial charge in [-0.3, -0.25) is 14.0 Å². The lowest BCUT2D eigenvalue weighted by molar-refractivity contribution is 0.0500. The minimum Gasteiger partial charge on any atom is -0.497 e. The normalized spacial score (nSPS) is 12.5. The summed E-state index contributed by atoms with van der Waals surface area (Å²) in [6, 6.07) is 14.6. The van der Waals surface area contributed by atoms with Gasteiger partial charge in [-0.1, -0.05) is 23.7 Å². The van der Waals surface area contributed by atoms with E-state index in [2.05, 4.69) is 10.4 Å². The third-order valence-electron chi connectivity index (χ3n) is 8.48. The second-order valence-electron chi connectivity index (χ2n) is 13.8. The highest BCUT2D eigenvalue weighted by Crippen LogP contribution is 2.38. The first kappa shape index (κ1) is 39.1. The van der Waals surface area contributed by atoms with Crippen LogP contribution in [0.4, 0.5) is 23.8 Å². The van der Waals surface area contributed by atoms with Gasteiger partial charge in [-0.2, -0.15) is 5.10 Å². The Balaban J connectivity index is 1.63. The number of amides is 1. The number of alkyl carbamates (subject to hydrolysis) is 1. The number of fused-ring (bicyclic) bond motifs is 2. The molecule has 288 valence electrons. The molecule has 6 rings (SSSR count). The van der Waals surface area contributed by atoms with Crippen molar-refractivity contribution < 1.29 is 35.9 Å². The molecule has 0 aliphatic heterocycles. The molecule has 0 saturated carbocycles. The van der Waals surface area contributed by atoms with Crippen molar-refractivity contribution in [3.63, 3.8) is 0 Å². The van der Waals surface area contributed by atoms with E-state index in [-0.39, 0.29) is 62.7 Å². The zero-order valence-corrected chi connectivity index (χ0v) is 32.1. The van der Waals surface area contributed by atoms with E-state index in [1.54, 1.807) is 45.0 Å². The Kier molecular flexibility index (Phi) is 10.6. The van der Waals surface area contributed by atoms with Gasteiger partial charge in [0.15, 0.2) is 5.82 Å². The first-order valence-corrected chi connectivity index (χ1v) is 19.0. The minimum atomic E-state index is -4.02. The van der Waals surface area contributed by atoms with Gasteiger partial charge in [0.1, 0.15) is 34.6 Å². The van der Waals surface area contributed by atoms with E-state index in [1.165, 1.54) is 37.0 Å². The predicted octanol–water partition coefficient (Wildman–Crippen LogP) is 7.13. The maximum atomic E-state index is 14.7. The monoisotopic (exact) mass is 796 g/mol. The van der Waals surface area contributed by atoms with Crippen molar-refractivity contribution in [3.8, 4) is 11.4 Å². The Hall–Kier alpha value is -5.61. The number of halogens is 4. The fourth-order valence-electron chi connectivity index (χ4n) is 6.20. The number of ether oxygens (including phenoxy) is 2. The number of aromatic nitrogens is 4. The summed E-state index contributed by atoms with van der Waals surface area (Å²) in [4.78, 5) is 32.7. The second kappa shape index (κ2) is 14.9. The van der Waals surface area contributed by atoms with E-state index in [0.29, 0.717) is 17.4 Å². The van der Waals surface area contributed by atoms with Gasteiger partial charge in [-0.05, 0) is 86.5 Å². The molecule has 1 unspecified atom stereocenters. The van der Waals surface area contributed by atoms with Crippen molar-refractivity contribution in [2.75, 3.05) is 17.7 Å². The van der Waals surface area contributed by atoms with Crippen molar-refractivity contribution >= 4 is 55.3 Å². The molecule has 0 aliphatic rings. The van der Waals surface area contributed by atoms with Gasteiger partial charge in [0.2, 0.25) is 10.0 Å². The lowest BCUT2D eigenvalue weighted by Gasteiger charge is -2.26. The highest BCUT2D eigenvalue weighted by atomic mass is 35.5. The molecule has 2 heterocycles. The molecule has 0 spiro atoms. The third kappa shape index (κ3) is 8.39. The predicted molar refractivity (Wildman–Crippen MR) is 203 cm³/mol. The van der Waals surface area contributed by atoms with Crippen LogP contribution in [0, 0.1) is 17.5 Å². The van der Waals surface area contributed by atoms with Gasteiger partial charge in [-0.25, -0.2) is 35.7 Å². The van der Waals surface area contributed by atoms with E-state index >= 15 is 0 Å². The van der Waals surface area contributed by atoms with Crippen LogP contribution >= 0.6 is 11.6 Å². The van der Waals surface area contributed by atoms with Gasteiger partial charge in [0.05, 0.1) is 58.5 Å². The standard InChI is InChI=1S/C38H36ClF3N6O6S/c1-38(2,3)54-37(50)44-30(17-22-15-24(41)18-25(42)16-22)34-43-29-13-9-23(40)19-27(29)36(49)48(34)31-14-12-28(39)32-33(31)46(4)45-35(32)47(55(6,51)52)20-21-7-10-26(53-5)11-8-21/h7-16,18-19,30H,17,20H2,1-6H3,(H,44,50). The number of methoxy groups -OCH3 is 1. The number of carbonyl (C=O) groups excluding carboxylic acids is 1. The van der Waals surface area contributed by atoms with Crippen molar-refractivity contribution in [1.82, 2.24) is 24.6 Å². The largest absolute Gasteiger partial charge is 0.497 e. The van der Waals surface area contributed by atoms with E-state index in [1.807, 2.05) is 0 Å². The van der Waals surface area contributed by atoms with Gasteiger partial charge in [-0.15, -0.1) is 0 Å². The number of aryl methyl sites for hydroxylation is 1. The fourth-order valence-corrected chi connectivity index (χ4v) is 7.26. The van der Waals surface area contributed by atoms with Crippen LogP contribution in [-0.4, -0.2) is 52.8 Å². The highest BCUT2D eigenvalue weighted by molar-refractivity contribution is 7.92. The zero-order valence-electron chi connectivity index (χ0n) is 30.5. The van der Waals surface area contributed by atoms with Crippen LogP contribution in [0.5, 0.6) is 5.75 Å². The molecular formula is C38H36ClF3N6O6S. The number of nitrogens with zero attached hydrogens (tertiary/aromatic N) is 5. The molecule has 0 saturated heterocycles. The Bertz CT molecular complexity index is 2610. The van der Waals surface area contributed by atoms with Crippen molar-refractivity contribution in [2.24, 2.45) is 7.05 Å². The summed E-state index contributed by atoms with van der Waals surface area (Å²) in [7, 11) is -0.990. The van der Waals surface area contributed by atoms with Crippen LogP contribution in [0.15, 0.2) is 77.6 Å². The lowest BCUT2D eigenvalue weighted by Crippen LogP contribution is -2.39. The van der Waals surface area contributed by atoms with Crippen molar-refractivity contribution in [3.05, 3.63) is 123 Å². The SMILES string of the molecule is COc1ccc(CN(c2nn(C)c3c(-n4c(C(Cc5cc(F)cc(F)c5)NC(=O)OC(C)(C)C)nc5ccc(F)cc5c4=O)ccc(Cl)c23)S(C)(=O)=O)cc1. The molecule has 1 atom stereocenters. The van der Waals surface area contributed by atoms with Crippen molar-refractivity contribution in [1.29, 1.82) is 0 Å². The van der Waals surface area contributed by atoms with E-state index in [4.69, 9.17) is 26.1 Å². The Labute approximate surface area is 319 Å². The molecule has 4 aromatic carbocycles. The summed E-state index contributed by atoms with van der Waals surface area (Å²) in [5.74, 6) is -2.11. The molecule has 55 heavy (non-hydrogen) atoms. The van der Waals surface area contributed by atoms with E-state index < -0.39 is 50.8 Å². The summed E-state index contributed by atoms with van der Waals surface area (Å²) >= 11 is 6.81. The van der Waals surface area contributed by atoms with E-state index in [9.17, 15) is 31.2 Å². The number of hydrogen-bond donors (Lipinski definition) is 1. The molecule has 0 radical (unpaired) electrons. The number of sulfonamides is 1. The summed E-state index contributed by atoms with van der Waals surface area (Å²) in [5.41, 5.74) is -0.758. The smallest absolute Gasteiger partial charge is 0.408 e. The minimum absolute atomic E-state index is 0.0534. The average Bonchev–Trinajstić information content (AvgIpc) is 3.43. The number of hydrogen-bond acceptors (Lipinski definition) is 8. The summed E-state index contributed by atoms with van der Waals surface area (Å²) in [5, 5.41) is 7.35. The summed E-state index contributed by atoms with van der Waals surface area (Å²) < 4.78 is 84.6. The van der Waals surface area contributed by atoms with Crippen LogP contribution < -0.4 is 19.9 Å². The van der Waals surface area contributed by atoms with Crippen LogP contribution in [0.1, 0.15) is 43.8 Å². The number of carbonyl (C=O) groups is 1. The molecular weight excluding hydrogens is 761 g/mol. The van der Waals surface area contributed by atoms with Gasteiger partial charge < -0.3 is 14.8 Å². The molecule has 0 aliphatic carbocycles.